The average molecular weight is 265 g/mol. The van der Waals surface area contributed by atoms with Gasteiger partial charge in [-0.15, -0.1) is 0 Å². The lowest BCUT2D eigenvalue weighted by molar-refractivity contribution is 0.0785. The zero-order valence-electron chi connectivity index (χ0n) is 11.1. The Labute approximate surface area is 115 Å². The molecule has 1 heterocycles. The first-order valence-electron chi connectivity index (χ1n) is 6.42. The summed E-state index contributed by atoms with van der Waals surface area (Å²) in [6.45, 7) is 7.44. The molecule has 1 N–H and O–H groups in total. The van der Waals surface area contributed by atoms with E-state index in [2.05, 4.69) is 54.4 Å². The molecule has 1 unspecified atom stereocenters. The molecule has 1 aromatic carbocycles. The van der Waals surface area contributed by atoms with Gasteiger partial charge in [0, 0.05) is 36.8 Å². The molecule has 1 saturated heterocycles. The Kier molecular flexibility index (Phi) is 4.44. The van der Waals surface area contributed by atoms with E-state index in [0.717, 1.165) is 19.6 Å². The van der Waals surface area contributed by atoms with Crippen LogP contribution in [0.25, 0.3) is 0 Å². The van der Waals surface area contributed by atoms with Crippen LogP contribution in [0.15, 0.2) is 41.9 Å². The van der Waals surface area contributed by atoms with Crippen LogP contribution in [0, 0.1) is 0 Å². The minimum Gasteiger partial charge on any atom is -0.307 e. The van der Waals surface area contributed by atoms with Gasteiger partial charge in [0.15, 0.2) is 0 Å². The van der Waals surface area contributed by atoms with Crippen LogP contribution in [0.5, 0.6) is 0 Å². The van der Waals surface area contributed by atoms with Gasteiger partial charge in [-0.3, -0.25) is 4.90 Å². The maximum Gasteiger partial charge on any atom is 0.0450 e. The maximum atomic E-state index is 5.64. The maximum absolute atomic E-state index is 5.64. The molecule has 2 nitrogen and oxygen atoms in total. The molecule has 1 aliphatic rings. The molecule has 0 radical (unpaired) electrons. The van der Waals surface area contributed by atoms with Crippen molar-refractivity contribution < 1.29 is 0 Å². The fourth-order valence-corrected chi connectivity index (χ4v) is 2.49. The van der Waals surface area contributed by atoms with Gasteiger partial charge in [0.2, 0.25) is 0 Å². The van der Waals surface area contributed by atoms with Crippen molar-refractivity contribution >= 4 is 11.6 Å². The summed E-state index contributed by atoms with van der Waals surface area (Å²) in [7, 11) is 0. The highest BCUT2D eigenvalue weighted by Gasteiger charge is 2.33. The van der Waals surface area contributed by atoms with E-state index in [1.807, 2.05) is 6.08 Å². The molecule has 3 heteroatoms. The van der Waals surface area contributed by atoms with Crippen molar-refractivity contribution in [2.75, 3.05) is 19.6 Å². The minimum absolute atomic E-state index is 0.168. The van der Waals surface area contributed by atoms with Gasteiger partial charge < -0.3 is 5.32 Å². The fourth-order valence-electron chi connectivity index (χ4n) is 2.41. The van der Waals surface area contributed by atoms with Crippen molar-refractivity contribution in [1.82, 2.24) is 10.2 Å². The van der Waals surface area contributed by atoms with E-state index in [0.29, 0.717) is 6.04 Å². The monoisotopic (exact) mass is 264 g/mol. The van der Waals surface area contributed by atoms with Crippen LogP contribution in [0.1, 0.15) is 25.5 Å². The fraction of sp³-hybridized carbons (Fsp3) is 0.467. The summed E-state index contributed by atoms with van der Waals surface area (Å²) in [4.78, 5) is 2.47. The van der Waals surface area contributed by atoms with Crippen molar-refractivity contribution in [3.8, 4) is 0 Å². The summed E-state index contributed by atoms with van der Waals surface area (Å²) >= 11 is 5.64. The van der Waals surface area contributed by atoms with Gasteiger partial charge in [0.25, 0.3) is 0 Å². The second-order valence-corrected chi connectivity index (χ2v) is 5.68. The smallest absolute Gasteiger partial charge is 0.0450 e. The quantitative estimate of drug-likeness (QED) is 0.902. The lowest BCUT2D eigenvalue weighted by Crippen LogP contribution is -2.58. The SMILES string of the molecule is CC1(C)CNC(c2ccccc2)CN1C/C=C/Cl. The highest BCUT2D eigenvalue weighted by molar-refractivity contribution is 6.25. The van der Waals surface area contributed by atoms with Crippen molar-refractivity contribution in [2.45, 2.75) is 25.4 Å². The average Bonchev–Trinajstić information content (AvgIpc) is 2.38. The van der Waals surface area contributed by atoms with Crippen LogP contribution >= 0.6 is 11.6 Å². The zero-order valence-corrected chi connectivity index (χ0v) is 11.8. The standard InChI is InChI=1S/C15H21ClN2/c1-15(2)12-17-14(11-18(15)10-6-9-16)13-7-4-3-5-8-13/h3-9,14,17H,10-12H2,1-2H3/b9-6+. The molecule has 1 fully saturated rings. The van der Waals surface area contributed by atoms with Gasteiger partial charge in [-0.1, -0.05) is 48.0 Å². The van der Waals surface area contributed by atoms with E-state index in [4.69, 9.17) is 11.6 Å². The lowest BCUT2D eigenvalue weighted by atomic mass is 9.94. The molecule has 1 atom stereocenters. The van der Waals surface area contributed by atoms with Crippen LogP contribution in [-0.4, -0.2) is 30.1 Å². The Morgan fingerprint density at radius 1 is 1.39 bits per heavy atom. The predicted molar refractivity (Wildman–Crippen MR) is 77.8 cm³/mol. The van der Waals surface area contributed by atoms with Crippen LogP contribution < -0.4 is 5.32 Å². The number of hydrogen-bond acceptors (Lipinski definition) is 2. The number of halogens is 1. The van der Waals surface area contributed by atoms with Gasteiger partial charge >= 0.3 is 0 Å². The number of nitrogens with zero attached hydrogens (tertiary/aromatic N) is 1. The second kappa shape index (κ2) is 5.87. The molecule has 0 aromatic heterocycles. The minimum atomic E-state index is 0.168. The third-order valence-electron chi connectivity index (χ3n) is 3.66. The molecule has 0 saturated carbocycles. The normalized spacial score (nSPS) is 24.5. The molecular formula is C15H21ClN2. The Balaban J connectivity index is 2.09. The molecule has 0 bridgehead atoms. The van der Waals surface area contributed by atoms with E-state index in [9.17, 15) is 0 Å². The van der Waals surface area contributed by atoms with E-state index in [1.165, 1.54) is 5.56 Å². The molecule has 98 valence electrons. The predicted octanol–water partition coefficient (Wildman–Crippen LogP) is 3.16. The Bertz CT molecular complexity index is 400. The molecule has 0 amide bonds. The van der Waals surface area contributed by atoms with E-state index in [1.54, 1.807) is 5.54 Å². The third kappa shape index (κ3) is 3.14. The first-order valence-corrected chi connectivity index (χ1v) is 6.86. The van der Waals surface area contributed by atoms with Crippen LogP contribution in [0.3, 0.4) is 0 Å². The summed E-state index contributed by atoms with van der Waals surface area (Å²) < 4.78 is 0. The summed E-state index contributed by atoms with van der Waals surface area (Å²) in [5, 5.41) is 3.63. The number of piperazine rings is 1. The highest BCUT2D eigenvalue weighted by Crippen LogP contribution is 2.25. The van der Waals surface area contributed by atoms with Gasteiger partial charge in [-0.2, -0.15) is 0 Å². The van der Waals surface area contributed by atoms with Gasteiger partial charge in [-0.25, -0.2) is 0 Å². The van der Waals surface area contributed by atoms with Crippen LogP contribution in [-0.2, 0) is 0 Å². The number of hydrogen-bond donors (Lipinski definition) is 1. The van der Waals surface area contributed by atoms with Gasteiger partial charge in [0.05, 0.1) is 0 Å². The van der Waals surface area contributed by atoms with Crippen molar-refractivity contribution in [2.24, 2.45) is 0 Å². The number of benzene rings is 1. The Morgan fingerprint density at radius 2 is 2.11 bits per heavy atom. The molecule has 18 heavy (non-hydrogen) atoms. The highest BCUT2D eigenvalue weighted by atomic mass is 35.5. The lowest BCUT2D eigenvalue weighted by Gasteiger charge is -2.46. The molecule has 1 aliphatic heterocycles. The van der Waals surface area contributed by atoms with E-state index in [-0.39, 0.29) is 5.54 Å². The summed E-state index contributed by atoms with van der Waals surface area (Å²) in [6.07, 6.45) is 2.01. The van der Waals surface area contributed by atoms with Crippen molar-refractivity contribution in [3.63, 3.8) is 0 Å². The second-order valence-electron chi connectivity index (χ2n) is 5.42. The molecule has 0 spiro atoms. The summed E-state index contributed by atoms with van der Waals surface area (Å²) in [5.74, 6) is 0. The molecule has 0 aliphatic carbocycles. The molecule has 2 rings (SSSR count). The number of nitrogens with one attached hydrogen (secondary N) is 1. The largest absolute Gasteiger partial charge is 0.307 e. The third-order valence-corrected chi connectivity index (χ3v) is 3.84. The molecule has 1 aromatic rings. The summed E-state index contributed by atoms with van der Waals surface area (Å²) in [5.41, 5.74) is 3.13. The van der Waals surface area contributed by atoms with Crippen molar-refractivity contribution in [1.29, 1.82) is 0 Å². The van der Waals surface area contributed by atoms with Crippen LogP contribution in [0.2, 0.25) is 0 Å². The van der Waals surface area contributed by atoms with Gasteiger partial charge in [-0.05, 0) is 19.4 Å². The zero-order chi connectivity index (χ0) is 13.0. The number of rotatable bonds is 3. The van der Waals surface area contributed by atoms with E-state index >= 15 is 0 Å². The Hall–Kier alpha value is -0.830. The van der Waals surface area contributed by atoms with Crippen molar-refractivity contribution in [3.05, 3.63) is 47.5 Å². The topological polar surface area (TPSA) is 15.3 Å². The van der Waals surface area contributed by atoms with Crippen LogP contribution in [0.4, 0.5) is 0 Å². The van der Waals surface area contributed by atoms with E-state index < -0.39 is 0 Å². The first kappa shape index (κ1) is 13.6. The first-order chi connectivity index (χ1) is 8.63. The van der Waals surface area contributed by atoms with Gasteiger partial charge in [0.1, 0.15) is 0 Å². The molecular weight excluding hydrogens is 244 g/mol. The Morgan fingerprint density at radius 3 is 2.78 bits per heavy atom. The summed E-state index contributed by atoms with van der Waals surface area (Å²) in [6, 6.07) is 11.0.